The number of nitrogens with zero attached hydrogens (tertiary/aromatic N) is 3. The normalized spacial score (nSPS) is 13.1. The van der Waals surface area contributed by atoms with Crippen LogP contribution >= 0.6 is 0 Å². The second kappa shape index (κ2) is 10.9. The Labute approximate surface area is 224 Å². The Morgan fingerprint density at radius 1 is 1.08 bits per heavy atom. The van der Waals surface area contributed by atoms with Crippen LogP contribution in [0.5, 0.6) is 0 Å². The van der Waals surface area contributed by atoms with Crippen molar-refractivity contribution < 1.29 is 19.1 Å². The van der Waals surface area contributed by atoms with Gasteiger partial charge in [-0.1, -0.05) is 12.1 Å². The molecule has 1 aliphatic heterocycles. The topological polar surface area (TPSA) is 83.4 Å². The first kappa shape index (κ1) is 27.2. The number of fused-ring (bicyclic) bond motifs is 3. The fourth-order valence-electron chi connectivity index (χ4n) is 5.03. The van der Waals surface area contributed by atoms with Gasteiger partial charge >= 0.3 is 6.09 Å². The Bertz CT molecular complexity index is 1350. The molecule has 0 atom stereocenters. The quantitative estimate of drug-likeness (QED) is 0.298. The summed E-state index contributed by atoms with van der Waals surface area (Å²) in [5.41, 5.74) is 5.68. The highest BCUT2D eigenvalue weighted by Crippen LogP contribution is 2.39. The zero-order valence-electron chi connectivity index (χ0n) is 23.3. The summed E-state index contributed by atoms with van der Waals surface area (Å²) in [4.78, 5) is 41.7. The highest BCUT2D eigenvalue weighted by molar-refractivity contribution is 6.05. The van der Waals surface area contributed by atoms with E-state index in [1.165, 1.54) is 0 Å². The summed E-state index contributed by atoms with van der Waals surface area (Å²) in [7, 11) is 0. The first-order chi connectivity index (χ1) is 18.0. The van der Waals surface area contributed by atoms with Crippen molar-refractivity contribution in [3.63, 3.8) is 0 Å². The number of anilines is 1. The van der Waals surface area contributed by atoms with Crippen LogP contribution in [0.15, 0.2) is 42.6 Å². The van der Waals surface area contributed by atoms with Gasteiger partial charge in [0, 0.05) is 61.3 Å². The van der Waals surface area contributed by atoms with Crippen molar-refractivity contribution in [3.8, 4) is 11.1 Å². The third-order valence-corrected chi connectivity index (χ3v) is 6.84. The number of ether oxygens (including phenoxy) is 1. The van der Waals surface area contributed by atoms with E-state index in [9.17, 15) is 14.4 Å². The minimum absolute atomic E-state index is 0.0119. The third kappa shape index (κ3) is 5.54. The van der Waals surface area contributed by atoms with Crippen LogP contribution in [-0.4, -0.2) is 58.9 Å². The molecular weight excluding hydrogens is 480 g/mol. The molecule has 0 spiro atoms. The Morgan fingerprint density at radius 2 is 1.76 bits per heavy atom. The highest BCUT2D eigenvalue weighted by atomic mass is 16.6. The molecule has 0 saturated heterocycles. The number of aromatic nitrogens is 1. The standard InChI is InChI=1S/C30H38N4O4/c1-7-32(8-2)23-12-10-21(11-13-23)26-24-19-33(16-9-15-31-29(37)38-30(4,5)6)28(36)27(24)34-17-14-22(20(3)35)18-25(26)34/h10-14,17-18H,7-9,15-16,19H2,1-6H3,(H,31,37). The number of amides is 2. The summed E-state index contributed by atoms with van der Waals surface area (Å²) >= 11 is 0. The average Bonchev–Trinajstić information content (AvgIpc) is 3.35. The Balaban J connectivity index is 1.61. The Hall–Kier alpha value is -3.81. The van der Waals surface area contributed by atoms with E-state index in [0.717, 1.165) is 41.0 Å². The second-order valence-electron chi connectivity index (χ2n) is 10.7. The summed E-state index contributed by atoms with van der Waals surface area (Å²) in [6.45, 7) is 14.5. The predicted octanol–water partition coefficient (Wildman–Crippen LogP) is 5.53. The van der Waals surface area contributed by atoms with Crippen LogP contribution in [0.4, 0.5) is 10.5 Å². The van der Waals surface area contributed by atoms with Gasteiger partial charge in [-0.3, -0.25) is 9.59 Å². The maximum atomic E-state index is 13.5. The Kier molecular flexibility index (Phi) is 7.81. The molecule has 0 saturated carbocycles. The Morgan fingerprint density at radius 3 is 2.37 bits per heavy atom. The molecule has 1 aromatic carbocycles. The molecule has 0 radical (unpaired) electrons. The maximum absolute atomic E-state index is 13.5. The lowest BCUT2D eigenvalue weighted by Crippen LogP contribution is -2.34. The SMILES string of the molecule is CCN(CC)c1ccc(-c2c3c(n4ccc(C(C)=O)cc24)C(=O)N(CCCNC(=O)OC(C)(C)C)C3)cc1. The van der Waals surface area contributed by atoms with Crippen molar-refractivity contribution in [1.29, 1.82) is 0 Å². The number of benzene rings is 1. The summed E-state index contributed by atoms with van der Waals surface area (Å²) in [5, 5.41) is 2.76. The lowest BCUT2D eigenvalue weighted by molar-refractivity contribution is 0.0525. The molecule has 1 N–H and O–H groups in total. The van der Waals surface area contributed by atoms with Gasteiger partial charge in [0.2, 0.25) is 0 Å². The van der Waals surface area contributed by atoms with Gasteiger partial charge in [0.25, 0.3) is 5.91 Å². The van der Waals surface area contributed by atoms with E-state index in [4.69, 9.17) is 4.74 Å². The number of ketones is 1. The van der Waals surface area contributed by atoms with E-state index in [1.54, 1.807) is 13.0 Å². The van der Waals surface area contributed by atoms with Crippen LogP contribution in [-0.2, 0) is 11.3 Å². The van der Waals surface area contributed by atoms with Gasteiger partial charge in [0.05, 0.1) is 5.52 Å². The van der Waals surface area contributed by atoms with Gasteiger partial charge in [-0.2, -0.15) is 0 Å². The van der Waals surface area contributed by atoms with Gasteiger partial charge in [0.1, 0.15) is 11.3 Å². The van der Waals surface area contributed by atoms with Gasteiger partial charge in [-0.25, -0.2) is 4.79 Å². The van der Waals surface area contributed by atoms with Gasteiger partial charge in [-0.15, -0.1) is 0 Å². The number of rotatable bonds is 9. The molecular formula is C30H38N4O4. The lowest BCUT2D eigenvalue weighted by Gasteiger charge is -2.21. The third-order valence-electron chi connectivity index (χ3n) is 6.84. The van der Waals surface area contributed by atoms with Crippen LogP contribution in [0.25, 0.3) is 16.6 Å². The molecule has 2 aromatic heterocycles. The molecule has 202 valence electrons. The summed E-state index contributed by atoms with van der Waals surface area (Å²) < 4.78 is 7.20. The zero-order chi connectivity index (χ0) is 27.6. The molecule has 3 aromatic rings. The van der Waals surface area contributed by atoms with Crippen LogP contribution in [0.3, 0.4) is 0 Å². The molecule has 0 unspecified atom stereocenters. The first-order valence-electron chi connectivity index (χ1n) is 13.3. The van der Waals surface area contributed by atoms with Crippen molar-refractivity contribution in [3.05, 3.63) is 59.4 Å². The summed E-state index contributed by atoms with van der Waals surface area (Å²) in [6, 6.07) is 12.1. The summed E-state index contributed by atoms with van der Waals surface area (Å²) in [5.74, 6) is -0.0593. The molecule has 4 rings (SSSR count). The number of Topliss-reactive ketones (excluding diaryl/α,β-unsaturated/α-hetero) is 1. The van der Waals surface area contributed by atoms with Crippen molar-refractivity contribution in [2.24, 2.45) is 0 Å². The van der Waals surface area contributed by atoms with E-state index < -0.39 is 11.7 Å². The van der Waals surface area contributed by atoms with Crippen molar-refractivity contribution in [2.75, 3.05) is 31.1 Å². The van der Waals surface area contributed by atoms with Gasteiger partial charge < -0.3 is 24.3 Å². The monoisotopic (exact) mass is 518 g/mol. The number of pyridine rings is 1. The van der Waals surface area contributed by atoms with Crippen molar-refractivity contribution >= 4 is 29.0 Å². The molecule has 8 nitrogen and oxygen atoms in total. The number of carbonyl (C=O) groups excluding carboxylic acids is 3. The molecule has 0 fully saturated rings. The smallest absolute Gasteiger partial charge is 0.407 e. The van der Waals surface area contributed by atoms with Gasteiger partial charge in [0.15, 0.2) is 5.78 Å². The maximum Gasteiger partial charge on any atom is 0.407 e. The van der Waals surface area contributed by atoms with Crippen LogP contribution in [0.2, 0.25) is 0 Å². The number of nitrogens with one attached hydrogen (secondary N) is 1. The van der Waals surface area contributed by atoms with E-state index in [2.05, 4.69) is 48.3 Å². The second-order valence-corrected chi connectivity index (χ2v) is 10.7. The summed E-state index contributed by atoms with van der Waals surface area (Å²) in [6.07, 6.45) is 1.98. The minimum atomic E-state index is -0.553. The van der Waals surface area contributed by atoms with E-state index in [0.29, 0.717) is 37.3 Å². The molecule has 0 bridgehead atoms. The molecule has 0 aliphatic carbocycles. The fraction of sp³-hybridized carbons (Fsp3) is 0.433. The molecule has 8 heteroatoms. The molecule has 1 aliphatic rings. The van der Waals surface area contributed by atoms with E-state index in [1.807, 2.05) is 42.3 Å². The predicted molar refractivity (Wildman–Crippen MR) is 150 cm³/mol. The average molecular weight is 519 g/mol. The van der Waals surface area contributed by atoms with Crippen molar-refractivity contribution in [2.45, 2.75) is 60.1 Å². The van der Waals surface area contributed by atoms with Crippen molar-refractivity contribution in [1.82, 2.24) is 14.6 Å². The van der Waals surface area contributed by atoms with Crippen LogP contribution < -0.4 is 10.2 Å². The van der Waals surface area contributed by atoms with Crippen LogP contribution in [0.1, 0.15) is 74.4 Å². The number of hydrogen-bond donors (Lipinski definition) is 1. The fourth-order valence-corrected chi connectivity index (χ4v) is 5.03. The molecule has 38 heavy (non-hydrogen) atoms. The number of alkyl carbamates (subject to hydrolysis) is 1. The minimum Gasteiger partial charge on any atom is -0.444 e. The highest BCUT2D eigenvalue weighted by Gasteiger charge is 2.34. The van der Waals surface area contributed by atoms with Gasteiger partial charge in [-0.05, 0) is 77.8 Å². The number of carbonyl (C=O) groups is 3. The largest absolute Gasteiger partial charge is 0.444 e. The van der Waals surface area contributed by atoms with E-state index >= 15 is 0 Å². The lowest BCUT2D eigenvalue weighted by atomic mass is 10.0. The van der Waals surface area contributed by atoms with Crippen LogP contribution in [0, 0.1) is 0 Å². The molecule has 2 amide bonds. The zero-order valence-corrected chi connectivity index (χ0v) is 23.3. The molecule has 3 heterocycles. The first-order valence-corrected chi connectivity index (χ1v) is 13.3. The van der Waals surface area contributed by atoms with E-state index in [-0.39, 0.29) is 11.7 Å². The number of hydrogen-bond acceptors (Lipinski definition) is 5.